The van der Waals surface area contributed by atoms with Crippen molar-refractivity contribution in [3.05, 3.63) is 173 Å². The Hall–Kier alpha value is -6.13. The summed E-state index contributed by atoms with van der Waals surface area (Å²) in [4.78, 5) is 4.31. The monoisotopic (exact) mass is 774 g/mol. The molecule has 1 spiro atoms. The number of ether oxygens (including phenoxy) is 1. The summed E-state index contributed by atoms with van der Waals surface area (Å²) < 4.78 is 161. The molecule has 286 valence electrons. The van der Waals surface area contributed by atoms with Crippen LogP contribution in [0.15, 0.2) is 146 Å². The van der Waals surface area contributed by atoms with Crippen molar-refractivity contribution in [3.63, 3.8) is 0 Å². The van der Waals surface area contributed by atoms with E-state index in [9.17, 15) is 9.60 Å². The number of nitrogens with zero attached hydrogens (tertiary/aromatic N) is 3. The predicted octanol–water partition coefficient (Wildman–Crippen LogP) is 13.4. The van der Waals surface area contributed by atoms with Gasteiger partial charge in [-0.05, 0) is 86.5 Å². The van der Waals surface area contributed by atoms with Crippen molar-refractivity contribution < 1.29 is 32.6 Å². The number of benzene rings is 6. The molecule has 58 heavy (non-hydrogen) atoms. The standard InChI is InChI=1S/C54H50N3O/c1-33(2)36-23-26-45(42(29-36)35-15-10-9-11-16-35)56-46-19-14-18-40-43-31-39(53(6,7)8)32-44-47-30-37(34-21-24-38(25-22-34)52(3,4)5)27-28-55(47)54(49(43)44)57(50(40)46)51(56)41-17-12-13-20-48(41)58-54/h9-33,51H,1-8H3/q+1/i3D3,4D3,5D3,21D,22D,24D,25D,27D,28D,30D,33D. The predicted molar refractivity (Wildman–Crippen MR) is 238 cm³/mol. The van der Waals surface area contributed by atoms with Gasteiger partial charge in [0.15, 0.2) is 6.17 Å². The van der Waals surface area contributed by atoms with Crippen molar-refractivity contribution in [2.75, 3.05) is 9.80 Å². The van der Waals surface area contributed by atoms with Crippen LogP contribution >= 0.6 is 0 Å². The lowest BCUT2D eigenvalue weighted by Gasteiger charge is -2.47. The van der Waals surface area contributed by atoms with Crippen LogP contribution in [0.1, 0.15) is 118 Å². The number of para-hydroxylation sites is 2. The Morgan fingerprint density at radius 1 is 0.707 bits per heavy atom. The SMILES string of the molecule is [2H]c1c([2H])c(C(C([2H])([2H])[2H])(C([2H])([2H])[2H])C([2H])([2H])[2H])c([2H])c([2H])c1-c1c([2H])c([2H])[n+]2c(c1[2H])-c1cc(C(C)(C)C)cc3c1C21Oc2ccccc2C2N(c4ccc(C([2H])(C)C)cc4-c4ccccc4)c4cccc-3c4N21. The maximum Gasteiger partial charge on any atom is 0.432 e. The first kappa shape index (κ1) is 21.6. The van der Waals surface area contributed by atoms with Gasteiger partial charge in [-0.15, -0.1) is 4.57 Å². The van der Waals surface area contributed by atoms with Gasteiger partial charge in [0.25, 0.3) is 0 Å². The highest BCUT2D eigenvalue weighted by atomic mass is 16.5. The summed E-state index contributed by atoms with van der Waals surface area (Å²) in [5, 5.41) is 0. The largest absolute Gasteiger partial charge is 0.432 e. The zero-order valence-corrected chi connectivity index (χ0v) is 32.6. The van der Waals surface area contributed by atoms with E-state index in [0.717, 1.165) is 50.4 Å². The molecule has 2 unspecified atom stereocenters. The fourth-order valence-corrected chi connectivity index (χ4v) is 9.12. The van der Waals surface area contributed by atoms with Crippen molar-refractivity contribution in [2.45, 2.75) is 83.9 Å². The first-order valence-electron chi connectivity index (χ1n) is 27.9. The molecule has 11 rings (SSSR count). The molecule has 4 aliphatic rings. The van der Waals surface area contributed by atoms with E-state index in [0.29, 0.717) is 22.4 Å². The fraction of sp³-hybridized carbons (Fsp3) is 0.241. The molecule has 0 bridgehead atoms. The molecular weight excluding hydrogens is 707 g/mol. The van der Waals surface area contributed by atoms with E-state index in [1.165, 1.54) is 4.57 Å². The lowest BCUT2D eigenvalue weighted by molar-refractivity contribution is -0.774. The van der Waals surface area contributed by atoms with Crippen LogP contribution in [0.3, 0.4) is 0 Å². The molecular formula is C54H50N3O+. The van der Waals surface area contributed by atoms with E-state index in [1.807, 2.05) is 132 Å². The van der Waals surface area contributed by atoms with Gasteiger partial charge >= 0.3 is 5.85 Å². The number of hydrogen-bond acceptors (Lipinski definition) is 3. The zero-order chi connectivity index (χ0) is 54.4. The molecule has 4 nitrogen and oxygen atoms in total. The van der Waals surface area contributed by atoms with Gasteiger partial charge < -0.3 is 9.64 Å². The van der Waals surface area contributed by atoms with Crippen LogP contribution in [-0.2, 0) is 16.7 Å². The van der Waals surface area contributed by atoms with E-state index < -0.39 is 108 Å². The minimum atomic E-state index is -3.92. The van der Waals surface area contributed by atoms with E-state index in [-0.39, 0.29) is 5.69 Å². The second kappa shape index (κ2) is 12.0. The molecule has 4 aliphatic heterocycles. The van der Waals surface area contributed by atoms with E-state index in [4.69, 9.17) is 18.4 Å². The highest BCUT2D eigenvalue weighted by molar-refractivity contribution is 6.03. The van der Waals surface area contributed by atoms with Crippen LogP contribution < -0.4 is 19.1 Å². The third kappa shape index (κ3) is 4.78. The smallest absolute Gasteiger partial charge is 0.410 e. The molecule has 0 amide bonds. The van der Waals surface area contributed by atoms with Gasteiger partial charge in [0.1, 0.15) is 18.8 Å². The van der Waals surface area contributed by atoms with Crippen molar-refractivity contribution in [2.24, 2.45) is 0 Å². The maximum absolute atomic E-state index is 10.3. The number of pyridine rings is 1. The highest BCUT2D eigenvalue weighted by Gasteiger charge is 2.70. The average Bonchev–Trinajstić information content (AvgIpc) is 3.84. The second-order valence-corrected chi connectivity index (χ2v) is 16.8. The molecule has 0 aliphatic carbocycles. The molecule has 0 N–H and O–H groups in total. The summed E-state index contributed by atoms with van der Waals surface area (Å²) in [6, 6.07) is 27.4. The normalized spacial score (nSPS) is 23.2. The molecule has 1 aromatic heterocycles. The number of anilines is 3. The average molecular weight is 774 g/mol. The van der Waals surface area contributed by atoms with Crippen molar-refractivity contribution in [3.8, 4) is 50.4 Å². The number of aromatic nitrogens is 1. The molecule has 4 heteroatoms. The minimum Gasteiger partial charge on any atom is -0.410 e. The van der Waals surface area contributed by atoms with Crippen molar-refractivity contribution >= 4 is 17.1 Å². The third-order valence-corrected chi connectivity index (χ3v) is 11.9. The van der Waals surface area contributed by atoms with Crippen molar-refractivity contribution in [1.82, 2.24) is 0 Å². The molecule has 0 saturated carbocycles. The molecule has 6 aromatic carbocycles. The van der Waals surface area contributed by atoms with Gasteiger partial charge in [0.2, 0.25) is 5.69 Å². The first-order valence-corrected chi connectivity index (χ1v) is 19.4. The molecule has 0 saturated heterocycles. The highest BCUT2D eigenvalue weighted by Crippen LogP contribution is 2.67. The minimum absolute atomic E-state index is 0.0223. The van der Waals surface area contributed by atoms with Gasteiger partial charge in [-0.25, -0.2) is 4.90 Å². The Morgan fingerprint density at radius 3 is 2.22 bits per heavy atom. The summed E-state index contributed by atoms with van der Waals surface area (Å²) in [5.74, 6) is -2.38. The van der Waals surface area contributed by atoms with E-state index in [1.54, 1.807) is 0 Å². The summed E-state index contributed by atoms with van der Waals surface area (Å²) in [7, 11) is 0. The molecule has 0 radical (unpaired) electrons. The lowest BCUT2D eigenvalue weighted by Crippen LogP contribution is -2.71. The Balaban J connectivity index is 1.26. The van der Waals surface area contributed by atoms with Crippen LogP contribution in [0, 0.1) is 0 Å². The zero-order valence-electron chi connectivity index (χ0n) is 49.6. The number of rotatable bonds is 4. The van der Waals surface area contributed by atoms with E-state index >= 15 is 0 Å². The van der Waals surface area contributed by atoms with Gasteiger partial charge in [-0.1, -0.05) is 146 Å². The number of hydrogen-bond donors (Lipinski definition) is 0. The first-order chi connectivity index (χ1) is 34.8. The van der Waals surface area contributed by atoms with Gasteiger partial charge in [0.05, 0.1) is 30.9 Å². The Bertz CT molecular complexity index is 3560. The van der Waals surface area contributed by atoms with Crippen LogP contribution in [0.25, 0.3) is 44.6 Å². The van der Waals surface area contributed by atoms with Crippen LogP contribution in [0.4, 0.5) is 17.1 Å². The van der Waals surface area contributed by atoms with Crippen LogP contribution in [0.5, 0.6) is 5.75 Å². The van der Waals surface area contributed by atoms with Crippen LogP contribution in [0.2, 0.25) is 0 Å². The van der Waals surface area contributed by atoms with Gasteiger partial charge in [0, 0.05) is 48.0 Å². The Morgan fingerprint density at radius 2 is 1.47 bits per heavy atom. The van der Waals surface area contributed by atoms with Gasteiger partial charge in [-0.2, -0.15) is 0 Å². The summed E-state index contributed by atoms with van der Waals surface area (Å²) >= 11 is 0. The third-order valence-electron chi connectivity index (χ3n) is 11.9. The maximum atomic E-state index is 10.3. The van der Waals surface area contributed by atoms with E-state index in [2.05, 4.69) is 15.9 Å². The molecule has 0 fully saturated rings. The molecule has 2 atom stereocenters. The lowest BCUT2D eigenvalue weighted by atomic mass is 9.79. The summed E-state index contributed by atoms with van der Waals surface area (Å²) in [6.07, 6.45) is -1.30. The second-order valence-electron chi connectivity index (χ2n) is 16.8. The fourth-order valence-electron chi connectivity index (χ4n) is 9.12. The van der Waals surface area contributed by atoms with Gasteiger partial charge in [-0.3, -0.25) is 0 Å². The quantitative estimate of drug-likeness (QED) is 0.166. The summed E-state index contributed by atoms with van der Waals surface area (Å²) in [5.41, 5.74) is 1.81. The molecule has 7 aromatic rings. The Labute approximate surface area is 366 Å². The number of fused-ring (bicyclic) bond motifs is 5. The van der Waals surface area contributed by atoms with Crippen molar-refractivity contribution in [1.29, 1.82) is 0 Å². The van der Waals surface area contributed by atoms with Crippen LogP contribution in [-0.4, -0.2) is 0 Å². The Kier molecular flexibility index (Phi) is 4.45. The molecule has 5 heterocycles. The topological polar surface area (TPSA) is 19.6 Å². The summed E-state index contributed by atoms with van der Waals surface area (Å²) in [6.45, 7) is -2.00.